The van der Waals surface area contributed by atoms with Crippen LogP contribution in [0, 0.1) is 0 Å². The molecule has 1 N–H and O–H groups in total. The van der Waals surface area contributed by atoms with Crippen LogP contribution in [0.5, 0.6) is 0 Å². The van der Waals surface area contributed by atoms with Crippen molar-refractivity contribution in [1.29, 1.82) is 0 Å². The first-order chi connectivity index (χ1) is 15.6. The van der Waals surface area contributed by atoms with Crippen molar-refractivity contribution in [3.05, 3.63) is 90.0 Å². The summed E-state index contributed by atoms with van der Waals surface area (Å²) in [5.41, 5.74) is 3.00. The maximum Gasteiger partial charge on any atom is 0.242 e. The molecular weight excluding hydrogens is 440 g/mol. The van der Waals surface area contributed by atoms with Crippen molar-refractivity contribution in [1.82, 2.24) is 14.6 Å². The molecule has 32 heavy (non-hydrogen) atoms. The van der Waals surface area contributed by atoms with Crippen LogP contribution in [0.2, 0.25) is 0 Å². The molecule has 5 aromatic rings. The zero-order valence-electron chi connectivity index (χ0n) is 17.1. The number of rotatable bonds is 6. The van der Waals surface area contributed by atoms with E-state index in [1.165, 1.54) is 18.7 Å². The van der Waals surface area contributed by atoms with Gasteiger partial charge in [0.05, 0.1) is 10.2 Å². The second kappa shape index (κ2) is 8.57. The van der Waals surface area contributed by atoms with E-state index in [2.05, 4.69) is 15.5 Å². The summed E-state index contributed by atoms with van der Waals surface area (Å²) in [7, 11) is 0. The average Bonchev–Trinajstić information content (AvgIpc) is 3.37. The van der Waals surface area contributed by atoms with Gasteiger partial charge >= 0.3 is 0 Å². The van der Waals surface area contributed by atoms with E-state index < -0.39 is 5.25 Å². The Bertz CT molecular complexity index is 1440. The van der Waals surface area contributed by atoms with E-state index in [0.29, 0.717) is 16.4 Å². The highest BCUT2D eigenvalue weighted by Crippen LogP contribution is 2.38. The fourth-order valence-corrected chi connectivity index (χ4v) is 5.53. The Morgan fingerprint density at radius 1 is 0.969 bits per heavy atom. The van der Waals surface area contributed by atoms with Gasteiger partial charge in [-0.05, 0) is 36.8 Å². The molecule has 0 aliphatic heterocycles. The van der Waals surface area contributed by atoms with Crippen LogP contribution in [-0.4, -0.2) is 26.3 Å². The third kappa shape index (κ3) is 3.90. The number of ketones is 1. The van der Waals surface area contributed by atoms with Crippen molar-refractivity contribution in [2.24, 2.45) is 0 Å². The third-order valence-corrected chi connectivity index (χ3v) is 7.22. The van der Waals surface area contributed by atoms with Gasteiger partial charge in [0.1, 0.15) is 5.25 Å². The van der Waals surface area contributed by atoms with Crippen molar-refractivity contribution in [3.8, 4) is 0 Å². The molecule has 0 spiro atoms. The van der Waals surface area contributed by atoms with Crippen molar-refractivity contribution >= 4 is 55.7 Å². The molecule has 1 atom stereocenters. The van der Waals surface area contributed by atoms with Gasteiger partial charge in [-0.1, -0.05) is 77.7 Å². The van der Waals surface area contributed by atoms with Crippen LogP contribution in [0.3, 0.4) is 0 Å². The summed E-state index contributed by atoms with van der Waals surface area (Å²) in [4.78, 5) is 25.9. The Hall–Kier alpha value is -3.49. The van der Waals surface area contributed by atoms with E-state index in [0.717, 1.165) is 20.7 Å². The molecule has 5 rings (SSSR count). The van der Waals surface area contributed by atoms with Crippen LogP contribution in [0.4, 0.5) is 5.69 Å². The molecule has 6 nitrogen and oxygen atoms in total. The second-order valence-corrected chi connectivity index (χ2v) is 9.29. The molecule has 2 aromatic heterocycles. The molecule has 0 fully saturated rings. The van der Waals surface area contributed by atoms with Gasteiger partial charge in [-0.2, -0.15) is 0 Å². The summed E-state index contributed by atoms with van der Waals surface area (Å²) in [5, 5.41) is 11.7. The molecule has 3 aromatic carbocycles. The van der Waals surface area contributed by atoms with Crippen molar-refractivity contribution in [2.45, 2.75) is 17.3 Å². The fourth-order valence-electron chi connectivity index (χ4n) is 3.46. The van der Waals surface area contributed by atoms with Gasteiger partial charge in [-0.15, -0.1) is 10.2 Å². The molecular formula is C24H18N4O2S2. The summed E-state index contributed by atoms with van der Waals surface area (Å²) in [6.45, 7) is 1.51. The van der Waals surface area contributed by atoms with E-state index in [1.807, 2.05) is 59.0 Å². The van der Waals surface area contributed by atoms with Crippen LogP contribution in [0.1, 0.15) is 28.1 Å². The molecule has 2 heterocycles. The number of amides is 1. The zero-order chi connectivity index (χ0) is 22.1. The van der Waals surface area contributed by atoms with Gasteiger partial charge in [0.15, 0.2) is 10.9 Å². The number of fused-ring (bicyclic) bond motifs is 3. The number of thioether (sulfide) groups is 1. The van der Waals surface area contributed by atoms with Gasteiger partial charge in [0, 0.05) is 11.3 Å². The quantitative estimate of drug-likeness (QED) is 0.264. The molecule has 1 amide bonds. The Morgan fingerprint density at radius 3 is 2.56 bits per heavy atom. The zero-order valence-corrected chi connectivity index (χ0v) is 18.7. The molecule has 0 bridgehead atoms. The number of hydrogen-bond acceptors (Lipinski definition) is 6. The number of nitrogens with zero attached hydrogens (tertiary/aromatic N) is 3. The smallest absolute Gasteiger partial charge is 0.242 e. The maximum atomic E-state index is 13.4. The number of thiazole rings is 1. The largest absolute Gasteiger partial charge is 0.325 e. The Kier molecular flexibility index (Phi) is 5.46. The van der Waals surface area contributed by atoms with Crippen LogP contribution in [0.15, 0.2) is 84.0 Å². The van der Waals surface area contributed by atoms with Gasteiger partial charge < -0.3 is 5.32 Å². The summed E-state index contributed by atoms with van der Waals surface area (Å²) < 4.78 is 3.10. The third-order valence-electron chi connectivity index (χ3n) is 5.01. The Labute approximate surface area is 192 Å². The summed E-state index contributed by atoms with van der Waals surface area (Å²) in [6.07, 6.45) is 0. The Balaban J connectivity index is 1.51. The molecule has 0 aliphatic carbocycles. The van der Waals surface area contributed by atoms with E-state index >= 15 is 0 Å². The minimum absolute atomic E-state index is 0.0507. The first-order valence-electron chi connectivity index (χ1n) is 9.96. The van der Waals surface area contributed by atoms with Crippen LogP contribution < -0.4 is 5.32 Å². The van der Waals surface area contributed by atoms with Gasteiger partial charge in [0.25, 0.3) is 0 Å². The average molecular weight is 459 g/mol. The van der Waals surface area contributed by atoms with Crippen LogP contribution in [0.25, 0.3) is 15.2 Å². The lowest BCUT2D eigenvalue weighted by Crippen LogP contribution is -2.19. The van der Waals surface area contributed by atoms with Crippen LogP contribution >= 0.6 is 23.1 Å². The number of aromatic nitrogens is 3. The lowest BCUT2D eigenvalue weighted by atomic mass is 10.1. The lowest BCUT2D eigenvalue weighted by Gasteiger charge is -2.16. The van der Waals surface area contributed by atoms with Gasteiger partial charge in [-0.25, -0.2) is 0 Å². The molecule has 0 saturated carbocycles. The summed E-state index contributed by atoms with van der Waals surface area (Å²) in [5.74, 6) is -0.247. The SMILES string of the molecule is CC(=O)c1cccc(NC(=O)C(Sc2nnc3sc4ccccc4n23)c2ccccc2)c1. The molecule has 1 unspecified atom stereocenters. The molecule has 8 heteroatoms. The standard InChI is InChI=1S/C24H18N4O2S2/c1-15(29)17-10-7-11-18(14-17)25-22(30)21(16-8-3-2-4-9-16)32-24-27-26-23-28(24)19-12-5-6-13-20(19)31-23/h2-14,21H,1H3,(H,25,30). The molecule has 0 radical (unpaired) electrons. The number of nitrogens with one attached hydrogen (secondary N) is 1. The predicted molar refractivity (Wildman–Crippen MR) is 128 cm³/mol. The van der Waals surface area contributed by atoms with E-state index in [1.54, 1.807) is 35.6 Å². The minimum Gasteiger partial charge on any atom is -0.325 e. The van der Waals surface area contributed by atoms with Crippen molar-refractivity contribution in [2.75, 3.05) is 5.32 Å². The normalized spacial score (nSPS) is 12.2. The molecule has 158 valence electrons. The summed E-state index contributed by atoms with van der Waals surface area (Å²) in [6, 6.07) is 24.6. The number of carbonyl (C=O) groups excluding carboxylic acids is 2. The Morgan fingerprint density at radius 2 is 1.75 bits per heavy atom. The summed E-state index contributed by atoms with van der Waals surface area (Å²) >= 11 is 2.92. The highest BCUT2D eigenvalue weighted by Gasteiger charge is 2.26. The first-order valence-corrected chi connectivity index (χ1v) is 11.7. The van der Waals surface area contributed by atoms with E-state index in [9.17, 15) is 9.59 Å². The number of anilines is 1. The number of benzene rings is 3. The lowest BCUT2D eigenvalue weighted by molar-refractivity contribution is -0.115. The van der Waals surface area contributed by atoms with Crippen molar-refractivity contribution in [3.63, 3.8) is 0 Å². The highest BCUT2D eigenvalue weighted by atomic mass is 32.2. The number of carbonyl (C=O) groups is 2. The number of hydrogen-bond donors (Lipinski definition) is 1. The number of Topliss-reactive ketones (excluding diaryl/α,β-unsaturated/α-hetero) is 1. The fraction of sp³-hybridized carbons (Fsp3) is 0.0833. The van der Waals surface area contributed by atoms with Crippen LogP contribution in [-0.2, 0) is 4.79 Å². The minimum atomic E-state index is -0.553. The van der Waals surface area contributed by atoms with Crippen molar-refractivity contribution < 1.29 is 9.59 Å². The molecule has 0 saturated heterocycles. The molecule has 0 aliphatic rings. The highest BCUT2D eigenvalue weighted by molar-refractivity contribution is 8.00. The topological polar surface area (TPSA) is 76.4 Å². The second-order valence-electron chi connectivity index (χ2n) is 7.21. The number of para-hydroxylation sites is 1. The first kappa shape index (κ1) is 20.4. The van der Waals surface area contributed by atoms with E-state index in [-0.39, 0.29) is 11.7 Å². The monoisotopic (exact) mass is 458 g/mol. The van der Waals surface area contributed by atoms with Gasteiger partial charge in [0.2, 0.25) is 10.9 Å². The predicted octanol–water partition coefficient (Wildman–Crippen LogP) is 5.62. The maximum absolute atomic E-state index is 13.4. The van der Waals surface area contributed by atoms with E-state index in [4.69, 9.17) is 0 Å². The van der Waals surface area contributed by atoms with Gasteiger partial charge in [-0.3, -0.25) is 14.0 Å².